The molecule has 3 nitrogen and oxygen atoms in total. The van der Waals surface area contributed by atoms with Crippen molar-refractivity contribution in [2.45, 2.75) is 0 Å². The molecule has 0 aliphatic heterocycles. The van der Waals surface area contributed by atoms with Crippen molar-refractivity contribution in [3.63, 3.8) is 0 Å². The van der Waals surface area contributed by atoms with E-state index in [-0.39, 0.29) is 32.7 Å². The van der Waals surface area contributed by atoms with Crippen LogP contribution in [0.5, 0.6) is 0 Å². The summed E-state index contributed by atoms with van der Waals surface area (Å²) < 4.78 is 1.61. The van der Waals surface area contributed by atoms with Crippen LogP contribution in [0.4, 0.5) is 0 Å². The van der Waals surface area contributed by atoms with Crippen LogP contribution in [0.3, 0.4) is 0 Å². The number of hydrogen-bond donors (Lipinski definition) is 0. The first kappa shape index (κ1) is 8.80. The van der Waals surface area contributed by atoms with Crippen LogP contribution in [-0.4, -0.2) is 9.55 Å². The molecule has 0 amide bonds. The van der Waals surface area contributed by atoms with Gasteiger partial charge in [0.1, 0.15) is 0 Å². The Bertz CT molecular complexity index is 222. The Labute approximate surface area is 78.6 Å². The predicted octanol–water partition coefficient (Wildman–Crippen LogP) is 0.0895. The Morgan fingerprint density at radius 1 is 1.89 bits per heavy atom. The monoisotopic (exact) mass is 195 g/mol. The van der Waals surface area contributed by atoms with Crippen LogP contribution < -0.4 is 0 Å². The maximum absolute atomic E-state index is 8.19. The largest absolute Gasteiger partial charge is 0.446 e. The zero-order chi connectivity index (χ0) is 5.98. The number of hydrogen-bond acceptors (Lipinski definition) is 2. The maximum Gasteiger partial charge on any atom is 0.0190 e. The quantitative estimate of drug-likeness (QED) is 0.550. The predicted molar refractivity (Wildman–Crippen MR) is 26.8 cm³/mol. The van der Waals surface area contributed by atoms with Crippen LogP contribution >= 0.6 is 0 Å². The van der Waals surface area contributed by atoms with Crippen LogP contribution in [0.2, 0.25) is 0 Å². The van der Waals surface area contributed by atoms with Gasteiger partial charge in [0.15, 0.2) is 0 Å². The summed E-state index contributed by atoms with van der Waals surface area (Å²) in [6, 6.07) is 1.86. The summed E-state index contributed by atoms with van der Waals surface area (Å²) in [4.78, 5) is 3.68. The van der Waals surface area contributed by atoms with E-state index in [0.717, 1.165) is 0 Å². The summed E-state index contributed by atoms with van der Waals surface area (Å²) in [5.74, 6) is 0. The second-order valence-electron chi connectivity index (χ2n) is 1.43. The van der Waals surface area contributed by atoms with E-state index in [1.54, 1.807) is 17.9 Å². The van der Waals surface area contributed by atoms with Gasteiger partial charge in [-0.05, 0) is 19.4 Å². The molecule has 0 unspecified atom stereocenters. The fourth-order valence-electron chi connectivity index (χ4n) is 0.423. The summed E-state index contributed by atoms with van der Waals surface area (Å²) in [7, 11) is 1.77. The molecule has 1 aromatic heterocycles. The molecule has 0 aromatic carbocycles. The van der Waals surface area contributed by atoms with Crippen molar-refractivity contribution in [3.8, 4) is 6.07 Å². The maximum atomic E-state index is 8.19. The van der Waals surface area contributed by atoms with Gasteiger partial charge >= 0.3 is 0 Å². The number of rotatable bonds is 0. The number of aromatic nitrogens is 2. The van der Waals surface area contributed by atoms with E-state index in [1.807, 2.05) is 6.07 Å². The minimum atomic E-state index is 0. The molecule has 4 heteroatoms. The van der Waals surface area contributed by atoms with Crippen LogP contribution in [0.25, 0.3) is 0 Å². The van der Waals surface area contributed by atoms with E-state index >= 15 is 0 Å². The van der Waals surface area contributed by atoms with Gasteiger partial charge in [0.2, 0.25) is 0 Å². The summed E-state index contributed by atoms with van der Waals surface area (Å²) in [5.41, 5.74) is 0.340. The van der Waals surface area contributed by atoms with Crippen molar-refractivity contribution in [2.75, 3.05) is 0 Å². The van der Waals surface area contributed by atoms with Gasteiger partial charge in [-0.15, -0.1) is 0 Å². The molecule has 1 heterocycles. The Balaban J connectivity index is 0.000000640. The van der Waals surface area contributed by atoms with E-state index in [2.05, 4.69) is 11.2 Å². The number of aryl methyl sites for hydroxylation is 1. The molecule has 0 saturated carbocycles. The third kappa shape index (κ3) is 2.25. The molecule has 0 atom stereocenters. The Kier molecular flexibility index (Phi) is 3.68. The van der Waals surface area contributed by atoms with Crippen molar-refractivity contribution in [2.24, 2.45) is 7.05 Å². The molecule has 0 aliphatic rings. The topological polar surface area (TPSA) is 41.6 Å². The van der Waals surface area contributed by atoms with Crippen molar-refractivity contribution >= 4 is 0 Å². The average Bonchev–Trinajstić information content (AvgIpc) is 2.14. The summed E-state index contributed by atoms with van der Waals surface area (Å²) in [6.45, 7) is 0. The van der Waals surface area contributed by atoms with Crippen LogP contribution in [0, 0.1) is 17.5 Å². The number of imidazole rings is 1. The van der Waals surface area contributed by atoms with Gasteiger partial charge in [0.05, 0.1) is 0 Å². The van der Waals surface area contributed by atoms with Crippen LogP contribution in [-0.2, 0) is 39.8 Å². The standard InChI is InChI=1S/C5H4N3.Y/c1-8-3-5(2-6)7-4-8;/h4H,1H3;/q-1;. The van der Waals surface area contributed by atoms with E-state index < -0.39 is 0 Å². The zero-order valence-electron chi connectivity index (χ0n) is 5.00. The van der Waals surface area contributed by atoms with Gasteiger partial charge in [-0.3, -0.25) is 5.26 Å². The fraction of sp³-hybridized carbons (Fsp3) is 0.200. The first-order valence-electron chi connectivity index (χ1n) is 2.13. The minimum Gasteiger partial charge on any atom is -0.446 e. The molecule has 1 radical (unpaired) electrons. The smallest absolute Gasteiger partial charge is 0.0190 e. The van der Waals surface area contributed by atoms with Crippen molar-refractivity contribution in [1.29, 1.82) is 5.26 Å². The van der Waals surface area contributed by atoms with Crippen molar-refractivity contribution < 1.29 is 32.7 Å². The molecule has 0 saturated heterocycles. The van der Waals surface area contributed by atoms with Crippen LogP contribution in [0.1, 0.15) is 5.69 Å². The fourth-order valence-corrected chi connectivity index (χ4v) is 0.423. The molecule has 0 fully saturated rings. The molecule has 0 spiro atoms. The van der Waals surface area contributed by atoms with Crippen molar-refractivity contribution in [1.82, 2.24) is 9.55 Å². The second-order valence-corrected chi connectivity index (χ2v) is 1.43. The molecule has 1 aromatic rings. The zero-order valence-corrected chi connectivity index (χ0v) is 7.83. The van der Waals surface area contributed by atoms with Gasteiger partial charge < -0.3 is 9.55 Å². The second kappa shape index (κ2) is 3.76. The Morgan fingerprint density at radius 3 is 2.78 bits per heavy atom. The van der Waals surface area contributed by atoms with Gasteiger partial charge in [-0.1, -0.05) is 6.20 Å². The summed E-state index contributed by atoms with van der Waals surface area (Å²) in [5, 5.41) is 8.19. The van der Waals surface area contributed by atoms with E-state index in [4.69, 9.17) is 5.26 Å². The molecule has 0 bridgehead atoms. The Hall–Kier alpha value is -0.196. The normalized spacial score (nSPS) is 7.56. The SMILES string of the molecule is Cn1[c-]c(C#N)nc1.[Y]. The summed E-state index contributed by atoms with van der Waals surface area (Å²) >= 11 is 0. The summed E-state index contributed by atoms with van der Waals surface area (Å²) in [6.07, 6.45) is 4.21. The molecule has 0 N–H and O–H groups in total. The molecular formula is C5H4N3Y-. The average molecular weight is 195 g/mol. The minimum absolute atomic E-state index is 0. The molecule has 0 aliphatic carbocycles. The van der Waals surface area contributed by atoms with E-state index in [1.165, 1.54) is 0 Å². The third-order valence-corrected chi connectivity index (χ3v) is 0.748. The number of nitrogens with zero attached hydrogens (tertiary/aromatic N) is 3. The van der Waals surface area contributed by atoms with Gasteiger partial charge in [0.25, 0.3) is 0 Å². The molecule has 1 rings (SSSR count). The van der Waals surface area contributed by atoms with Crippen molar-refractivity contribution in [3.05, 3.63) is 18.2 Å². The van der Waals surface area contributed by atoms with Gasteiger partial charge in [-0.2, -0.15) is 0 Å². The third-order valence-electron chi connectivity index (χ3n) is 0.748. The molecule has 43 valence electrons. The first-order chi connectivity index (χ1) is 3.83. The molecular weight excluding hydrogens is 191 g/mol. The van der Waals surface area contributed by atoms with Gasteiger partial charge in [-0.25, -0.2) is 0 Å². The van der Waals surface area contributed by atoms with E-state index in [9.17, 15) is 0 Å². The molecule has 9 heavy (non-hydrogen) atoms. The number of nitriles is 1. The Morgan fingerprint density at radius 2 is 2.56 bits per heavy atom. The van der Waals surface area contributed by atoms with Gasteiger partial charge in [0, 0.05) is 38.4 Å². The van der Waals surface area contributed by atoms with E-state index in [0.29, 0.717) is 5.69 Å². The van der Waals surface area contributed by atoms with Crippen LogP contribution in [0.15, 0.2) is 6.33 Å². The first-order valence-corrected chi connectivity index (χ1v) is 2.13.